The first-order chi connectivity index (χ1) is 8.16. The van der Waals surface area contributed by atoms with Crippen molar-refractivity contribution in [1.29, 1.82) is 0 Å². The Morgan fingerprint density at radius 3 is 3.18 bits per heavy atom. The number of morpholine rings is 1. The number of imidazole rings is 1. The van der Waals surface area contributed by atoms with Crippen LogP contribution < -0.4 is 5.32 Å². The lowest BCUT2D eigenvalue weighted by Crippen LogP contribution is -2.51. The third-order valence-corrected chi connectivity index (χ3v) is 2.77. The second-order valence-electron chi connectivity index (χ2n) is 5.01. The molecule has 1 unspecified atom stereocenters. The van der Waals surface area contributed by atoms with Crippen LogP contribution in [0.3, 0.4) is 0 Å². The van der Waals surface area contributed by atoms with Gasteiger partial charge in [0.2, 0.25) is 0 Å². The van der Waals surface area contributed by atoms with Crippen molar-refractivity contribution >= 4 is 0 Å². The van der Waals surface area contributed by atoms with Crippen molar-refractivity contribution in [1.82, 2.24) is 14.9 Å². The molecule has 2 rings (SSSR count). The quantitative estimate of drug-likeness (QED) is 0.767. The van der Waals surface area contributed by atoms with Crippen molar-refractivity contribution in [2.24, 2.45) is 0 Å². The van der Waals surface area contributed by atoms with Crippen LogP contribution in [0, 0.1) is 0 Å². The van der Waals surface area contributed by atoms with Gasteiger partial charge < -0.3 is 19.4 Å². The van der Waals surface area contributed by atoms with Gasteiger partial charge in [-0.1, -0.05) is 0 Å². The molecule has 0 saturated carbocycles. The fourth-order valence-electron chi connectivity index (χ4n) is 1.97. The maximum atomic E-state index is 5.90. The summed E-state index contributed by atoms with van der Waals surface area (Å²) in [6.45, 7) is 8.13. The van der Waals surface area contributed by atoms with Crippen molar-refractivity contribution in [3.05, 3.63) is 18.7 Å². The Labute approximate surface area is 102 Å². The van der Waals surface area contributed by atoms with E-state index in [1.165, 1.54) is 0 Å². The van der Waals surface area contributed by atoms with E-state index in [1.54, 1.807) is 12.5 Å². The lowest BCUT2D eigenvalue weighted by Gasteiger charge is -2.36. The highest BCUT2D eigenvalue weighted by molar-refractivity contribution is 4.81. The molecule has 0 aliphatic carbocycles. The predicted octanol–water partition coefficient (Wildman–Crippen LogP) is 0.667. The van der Waals surface area contributed by atoms with Gasteiger partial charge in [-0.25, -0.2) is 4.98 Å². The van der Waals surface area contributed by atoms with Gasteiger partial charge in [0.05, 0.1) is 31.2 Å². The molecular weight excluding hydrogens is 218 g/mol. The summed E-state index contributed by atoms with van der Waals surface area (Å²) in [5, 5.41) is 3.36. The summed E-state index contributed by atoms with van der Waals surface area (Å²) < 4.78 is 13.5. The molecule has 0 spiro atoms. The fourth-order valence-corrected chi connectivity index (χ4v) is 1.97. The third-order valence-electron chi connectivity index (χ3n) is 2.77. The van der Waals surface area contributed by atoms with E-state index in [2.05, 4.69) is 24.1 Å². The number of hydrogen-bond donors (Lipinski definition) is 1. The van der Waals surface area contributed by atoms with Gasteiger partial charge in [0.15, 0.2) is 0 Å². The summed E-state index contributed by atoms with van der Waals surface area (Å²) in [6, 6.07) is 0. The topological polar surface area (TPSA) is 48.3 Å². The molecule has 1 saturated heterocycles. The van der Waals surface area contributed by atoms with E-state index in [0.717, 1.165) is 19.6 Å². The molecule has 96 valence electrons. The zero-order valence-corrected chi connectivity index (χ0v) is 10.6. The average molecular weight is 239 g/mol. The highest BCUT2D eigenvalue weighted by Gasteiger charge is 2.28. The summed E-state index contributed by atoms with van der Waals surface area (Å²) in [5.41, 5.74) is -0.0867. The molecular formula is C12H21N3O2. The number of nitrogens with zero attached hydrogens (tertiary/aromatic N) is 2. The first kappa shape index (κ1) is 12.5. The predicted molar refractivity (Wildman–Crippen MR) is 64.9 cm³/mol. The molecule has 1 aromatic rings. The van der Waals surface area contributed by atoms with E-state index in [1.807, 2.05) is 10.8 Å². The fraction of sp³-hybridized carbons (Fsp3) is 0.750. The highest BCUT2D eigenvalue weighted by Crippen LogP contribution is 2.15. The molecule has 1 atom stereocenters. The minimum absolute atomic E-state index is 0.0867. The Hall–Kier alpha value is -0.910. The lowest BCUT2D eigenvalue weighted by molar-refractivity contribution is -0.120. The molecule has 1 aliphatic rings. The van der Waals surface area contributed by atoms with Crippen molar-refractivity contribution in [3.8, 4) is 0 Å². The number of ether oxygens (including phenoxy) is 2. The maximum absolute atomic E-state index is 5.90. The Morgan fingerprint density at radius 2 is 2.47 bits per heavy atom. The van der Waals surface area contributed by atoms with Crippen molar-refractivity contribution in [2.45, 2.75) is 32.1 Å². The Bertz CT molecular complexity index is 325. The van der Waals surface area contributed by atoms with Crippen LogP contribution in [0.5, 0.6) is 0 Å². The van der Waals surface area contributed by atoms with Crippen molar-refractivity contribution in [2.75, 3.05) is 26.3 Å². The van der Waals surface area contributed by atoms with Gasteiger partial charge in [-0.15, -0.1) is 0 Å². The van der Waals surface area contributed by atoms with Gasteiger partial charge in [-0.3, -0.25) is 0 Å². The number of aromatic nitrogens is 2. The second-order valence-corrected chi connectivity index (χ2v) is 5.01. The monoisotopic (exact) mass is 239 g/mol. The van der Waals surface area contributed by atoms with Crippen LogP contribution in [0.1, 0.15) is 13.8 Å². The van der Waals surface area contributed by atoms with Gasteiger partial charge in [0, 0.05) is 32.0 Å². The molecule has 0 radical (unpaired) electrons. The molecule has 0 aromatic carbocycles. The minimum atomic E-state index is -0.0867. The van der Waals surface area contributed by atoms with E-state index in [4.69, 9.17) is 9.47 Å². The van der Waals surface area contributed by atoms with E-state index in [-0.39, 0.29) is 11.7 Å². The average Bonchev–Trinajstić information content (AvgIpc) is 2.76. The maximum Gasteiger partial charge on any atom is 0.0946 e. The largest absolute Gasteiger partial charge is 0.377 e. The first-order valence-electron chi connectivity index (χ1n) is 6.08. The van der Waals surface area contributed by atoms with E-state index in [9.17, 15) is 0 Å². The summed E-state index contributed by atoms with van der Waals surface area (Å²) >= 11 is 0. The molecule has 1 fully saturated rings. The summed E-state index contributed by atoms with van der Waals surface area (Å²) in [7, 11) is 0. The van der Waals surface area contributed by atoms with Gasteiger partial charge >= 0.3 is 0 Å². The highest BCUT2D eigenvalue weighted by atomic mass is 16.5. The van der Waals surface area contributed by atoms with Gasteiger partial charge in [0.25, 0.3) is 0 Å². The standard InChI is InChI=1S/C12H21N3O2/c1-12(2)9-14-7-11(17-12)8-16-6-5-15-4-3-13-10-15/h3-4,10-11,14H,5-9H2,1-2H3. The molecule has 0 bridgehead atoms. The first-order valence-corrected chi connectivity index (χ1v) is 6.08. The van der Waals surface area contributed by atoms with E-state index < -0.39 is 0 Å². The van der Waals surface area contributed by atoms with Crippen LogP contribution >= 0.6 is 0 Å². The van der Waals surface area contributed by atoms with E-state index >= 15 is 0 Å². The third kappa shape index (κ3) is 4.11. The zero-order chi connectivity index (χ0) is 12.1. The lowest BCUT2D eigenvalue weighted by atomic mass is 10.1. The van der Waals surface area contributed by atoms with Crippen LogP contribution in [-0.2, 0) is 16.0 Å². The smallest absolute Gasteiger partial charge is 0.0946 e. The Morgan fingerprint density at radius 1 is 1.59 bits per heavy atom. The number of nitrogens with one attached hydrogen (secondary N) is 1. The van der Waals surface area contributed by atoms with Gasteiger partial charge in [-0.05, 0) is 13.8 Å². The SMILES string of the molecule is CC1(C)CNCC(COCCn2ccnc2)O1. The second kappa shape index (κ2) is 5.62. The van der Waals surface area contributed by atoms with Crippen LogP contribution in [0.4, 0.5) is 0 Å². The number of rotatable bonds is 5. The van der Waals surface area contributed by atoms with Gasteiger partial charge in [0.1, 0.15) is 0 Å². The molecule has 17 heavy (non-hydrogen) atoms. The summed E-state index contributed by atoms with van der Waals surface area (Å²) in [6.07, 6.45) is 5.66. The molecule has 0 amide bonds. The number of hydrogen-bond acceptors (Lipinski definition) is 4. The molecule has 1 aromatic heterocycles. The molecule has 5 nitrogen and oxygen atoms in total. The minimum Gasteiger partial charge on any atom is -0.377 e. The van der Waals surface area contributed by atoms with Gasteiger partial charge in [-0.2, -0.15) is 0 Å². The van der Waals surface area contributed by atoms with Crippen LogP contribution in [0.2, 0.25) is 0 Å². The molecule has 2 heterocycles. The van der Waals surface area contributed by atoms with Crippen LogP contribution in [-0.4, -0.2) is 47.6 Å². The Balaban J connectivity index is 1.62. The van der Waals surface area contributed by atoms with Crippen LogP contribution in [0.25, 0.3) is 0 Å². The summed E-state index contributed by atoms with van der Waals surface area (Å²) in [4.78, 5) is 3.98. The van der Waals surface area contributed by atoms with Crippen molar-refractivity contribution in [3.63, 3.8) is 0 Å². The van der Waals surface area contributed by atoms with E-state index in [0.29, 0.717) is 13.2 Å². The molecule has 1 N–H and O–H groups in total. The molecule has 5 heteroatoms. The summed E-state index contributed by atoms with van der Waals surface area (Å²) in [5.74, 6) is 0. The molecule has 1 aliphatic heterocycles. The van der Waals surface area contributed by atoms with Crippen LogP contribution in [0.15, 0.2) is 18.7 Å². The zero-order valence-electron chi connectivity index (χ0n) is 10.6. The Kier molecular flexibility index (Phi) is 4.15. The normalized spacial score (nSPS) is 23.8. The van der Waals surface area contributed by atoms with Crippen molar-refractivity contribution < 1.29 is 9.47 Å².